The standard InChI is InChI=1S/C17H18N6O2S/c1-11-13(10-19-23(11)14-2-3-15(24)21-20-14)17(25)22-7-4-12(5-8-22)16-18-6-9-26-16/h2-3,6,9-10,12H,4-5,7-8H2,1H3,(H,21,24). The Kier molecular flexibility index (Phi) is 4.37. The van der Waals surface area contributed by atoms with E-state index < -0.39 is 0 Å². The van der Waals surface area contributed by atoms with Gasteiger partial charge in [-0.1, -0.05) is 0 Å². The Hall–Kier alpha value is -2.81. The molecule has 9 heteroatoms. The van der Waals surface area contributed by atoms with E-state index >= 15 is 0 Å². The van der Waals surface area contributed by atoms with Crippen LogP contribution in [-0.4, -0.2) is 48.9 Å². The first-order valence-electron chi connectivity index (χ1n) is 8.43. The third-order valence-electron chi connectivity index (χ3n) is 4.70. The van der Waals surface area contributed by atoms with Gasteiger partial charge in [-0.25, -0.2) is 14.8 Å². The number of aromatic amines is 1. The second kappa shape index (κ2) is 6.83. The van der Waals surface area contributed by atoms with Gasteiger partial charge in [-0.3, -0.25) is 9.59 Å². The van der Waals surface area contributed by atoms with Gasteiger partial charge >= 0.3 is 0 Å². The summed E-state index contributed by atoms with van der Waals surface area (Å²) in [5.74, 6) is 0.896. The molecule has 1 amide bonds. The molecule has 26 heavy (non-hydrogen) atoms. The molecule has 4 heterocycles. The summed E-state index contributed by atoms with van der Waals surface area (Å²) in [5, 5.41) is 13.8. The maximum absolute atomic E-state index is 12.9. The van der Waals surface area contributed by atoms with Crippen molar-refractivity contribution in [3.05, 3.63) is 56.5 Å². The second-order valence-corrected chi connectivity index (χ2v) is 7.20. The molecule has 0 bridgehead atoms. The van der Waals surface area contributed by atoms with E-state index in [4.69, 9.17) is 0 Å². The van der Waals surface area contributed by atoms with E-state index in [1.165, 1.54) is 6.07 Å². The van der Waals surface area contributed by atoms with Crippen LogP contribution in [0.25, 0.3) is 5.82 Å². The lowest BCUT2D eigenvalue weighted by atomic mass is 9.97. The first-order valence-corrected chi connectivity index (χ1v) is 9.31. The normalized spacial score (nSPS) is 15.3. The van der Waals surface area contributed by atoms with Crippen LogP contribution in [0, 0.1) is 6.92 Å². The molecule has 1 saturated heterocycles. The number of H-pyrrole nitrogens is 1. The van der Waals surface area contributed by atoms with Gasteiger partial charge in [0.05, 0.1) is 22.5 Å². The summed E-state index contributed by atoms with van der Waals surface area (Å²) in [7, 11) is 0. The summed E-state index contributed by atoms with van der Waals surface area (Å²) in [5.41, 5.74) is 0.986. The van der Waals surface area contributed by atoms with Gasteiger partial charge in [0.25, 0.3) is 11.5 Å². The number of carbonyl (C=O) groups is 1. The van der Waals surface area contributed by atoms with Crippen molar-refractivity contribution in [3.63, 3.8) is 0 Å². The Morgan fingerprint density at radius 2 is 2.12 bits per heavy atom. The molecule has 134 valence electrons. The Balaban J connectivity index is 1.49. The fourth-order valence-electron chi connectivity index (χ4n) is 3.24. The van der Waals surface area contributed by atoms with Crippen LogP contribution in [0.3, 0.4) is 0 Å². The molecule has 3 aromatic heterocycles. The van der Waals surface area contributed by atoms with Gasteiger partial charge in [0, 0.05) is 36.7 Å². The molecule has 0 unspecified atom stereocenters. The van der Waals surface area contributed by atoms with Crippen LogP contribution in [-0.2, 0) is 0 Å². The Morgan fingerprint density at radius 3 is 2.77 bits per heavy atom. The zero-order valence-electron chi connectivity index (χ0n) is 14.3. The molecule has 1 aliphatic heterocycles. The number of carbonyl (C=O) groups excluding carboxylic acids is 1. The van der Waals surface area contributed by atoms with E-state index in [1.54, 1.807) is 28.3 Å². The van der Waals surface area contributed by atoms with Gasteiger partial charge in [0.15, 0.2) is 5.82 Å². The predicted molar refractivity (Wildman–Crippen MR) is 96.7 cm³/mol. The minimum Gasteiger partial charge on any atom is -0.338 e. The second-order valence-electron chi connectivity index (χ2n) is 6.27. The van der Waals surface area contributed by atoms with Crippen LogP contribution in [0.5, 0.6) is 0 Å². The van der Waals surface area contributed by atoms with Crippen LogP contribution >= 0.6 is 11.3 Å². The van der Waals surface area contributed by atoms with E-state index in [2.05, 4.69) is 20.3 Å². The molecular formula is C17H18N6O2S. The number of amides is 1. The van der Waals surface area contributed by atoms with Crippen molar-refractivity contribution in [3.8, 4) is 5.82 Å². The van der Waals surface area contributed by atoms with Crippen molar-refractivity contribution in [2.24, 2.45) is 0 Å². The first-order chi connectivity index (χ1) is 12.6. The molecule has 4 rings (SSSR count). The highest BCUT2D eigenvalue weighted by Gasteiger charge is 2.27. The van der Waals surface area contributed by atoms with E-state index in [0.717, 1.165) is 17.8 Å². The third kappa shape index (κ3) is 3.05. The van der Waals surface area contributed by atoms with Gasteiger partial charge in [-0.15, -0.1) is 11.3 Å². The molecule has 0 aromatic carbocycles. The van der Waals surface area contributed by atoms with Crippen LogP contribution in [0.15, 0.2) is 34.7 Å². The number of aromatic nitrogens is 5. The third-order valence-corrected chi connectivity index (χ3v) is 5.64. The highest BCUT2D eigenvalue weighted by molar-refractivity contribution is 7.09. The molecule has 1 N–H and O–H groups in total. The largest absolute Gasteiger partial charge is 0.338 e. The molecule has 8 nitrogen and oxygen atoms in total. The average molecular weight is 370 g/mol. The summed E-state index contributed by atoms with van der Waals surface area (Å²) in [6, 6.07) is 2.96. The molecule has 0 atom stereocenters. The summed E-state index contributed by atoms with van der Waals surface area (Å²) in [6.45, 7) is 3.25. The average Bonchev–Trinajstić information content (AvgIpc) is 3.32. The SMILES string of the molecule is Cc1c(C(=O)N2CCC(c3nccs3)CC2)cnn1-c1ccc(=O)[nH]n1. The van der Waals surface area contributed by atoms with Crippen molar-refractivity contribution < 1.29 is 4.79 Å². The lowest BCUT2D eigenvalue weighted by Gasteiger charge is -2.31. The van der Waals surface area contributed by atoms with Crippen molar-refractivity contribution in [1.29, 1.82) is 0 Å². The molecule has 0 spiro atoms. The molecule has 1 aliphatic rings. The molecule has 1 fully saturated rings. The van der Waals surface area contributed by atoms with Gasteiger partial charge in [0.2, 0.25) is 0 Å². The summed E-state index contributed by atoms with van der Waals surface area (Å²) >= 11 is 1.68. The summed E-state index contributed by atoms with van der Waals surface area (Å²) in [4.78, 5) is 30.3. The zero-order chi connectivity index (χ0) is 18.1. The fraction of sp³-hybridized carbons (Fsp3) is 0.353. The monoisotopic (exact) mass is 370 g/mol. The predicted octanol–water partition coefficient (Wildman–Crippen LogP) is 1.74. The quantitative estimate of drug-likeness (QED) is 0.757. The lowest BCUT2D eigenvalue weighted by Crippen LogP contribution is -2.38. The number of thiazole rings is 1. The highest BCUT2D eigenvalue weighted by Crippen LogP contribution is 2.30. The molecule has 0 aliphatic carbocycles. The van der Waals surface area contributed by atoms with Crippen molar-refractivity contribution in [2.75, 3.05) is 13.1 Å². The maximum atomic E-state index is 12.9. The topological polar surface area (TPSA) is 96.8 Å². The fourth-order valence-corrected chi connectivity index (χ4v) is 4.05. The molecular weight excluding hydrogens is 352 g/mol. The van der Waals surface area contributed by atoms with Gasteiger partial charge in [-0.2, -0.15) is 10.2 Å². The minimum atomic E-state index is -0.280. The van der Waals surface area contributed by atoms with Crippen LogP contribution in [0.1, 0.15) is 39.8 Å². The minimum absolute atomic E-state index is 0.0178. The number of hydrogen-bond acceptors (Lipinski definition) is 6. The first kappa shape index (κ1) is 16.6. The Morgan fingerprint density at radius 1 is 1.31 bits per heavy atom. The number of nitrogens with one attached hydrogen (secondary N) is 1. The number of piperidine rings is 1. The number of nitrogens with zero attached hydrogens (tertiary/aromatic N) is 5. The molecule has 0 saturated carbocycles. The maximum Gasteiger partial charge on any atom is 0.264 e. The van der Waals surface area contributed by atoms with Crippen LogP contribution in [0.2, 0.25) is 0 Å². The number of likely N-dealkylation sites (tertiary alicyclic amines) is 1. The van der Waals surface area contributed by atoms with E-state index in [0.29, 0.717) is 36.1 Å². The van der Waals surface area contributed by atoms with E-state index in [9.17, 15) is 9.59 Å². The number of rotatable bonds is 3. The van der Waals surface area contributed by atoms with Crippen molar-refractivity contribution in [1.82, 2.24) is 29.9 Å². The Labute approximate surface area is 153 Å². The molecule has 0 radical (unpaired) electrons. The summed E-state index contributed by atoms with van der Waals surface area (Å²) < 4.78 is 1.56. The van der Waals surface area contributed by atoms with Crippen molar-refractivity contribution in [2.45, 2.75) is 25.7 Å². The number of hydrogen-bond donors (Lipinski definition) is 1. The molecule has 3 aromatic rings. The van der Waals surface area contributed by atoms with Crippen LogP contribution in [0.4, 0.5) is 0 Å². The van der Waals surface area contributed by atoms with Crippen LogP contribution < -0.4 is 5.56 Å². The zero-order valence-corrected chi connectivity index (χ0v) is 15.1. The highest BCUT2D eigenvalue weighted by atomic mass is 32.1. The lowest BCUT2D eigenvalue weighted by molar-refractivity contribution is 0.0712. The van der Waals surface area contributed by atoms with E-state index in [1.807, 2.05) is 23.4 Å². The van der Waals surface area contributed by atoms with E-state index in [-0.39, 0.29) is 11.5 Å². The van der Waals surface area contributed by atoms with Gasteiger partial charge in [-0.05, 0) is 25.8 Å². The van der Waals surface area contributed by atoms with Gasteiger partial charge in [0.1, 0.15) is 0 Å². The smallest absolute Gasteiger partial charge is 0.264 e. The summed E-state index contributed by atoms with van der Waals surface area (Å²) in [6.07, 6.45) is 5.25. The Bertz CT molecular complexity index is 949. The van der Waals surface area contributed by atoms with Gasteiger partial charge < -0.3 is 4.90 Å². The van der Waals surface area contributed by atoms with Crippen molar-refractivity contribution >= 4 is 17.2 Å².